The molecule has 2 heterocycles. The van der Waals surface area contributed by atoms with Crippen LogP contribution in [0.2, 0.25) is 0 Å². The molecule has 3 rings (SSSR count). The smallest absolute Gasteiger partial charge is 0.234 e. The first-order valence-electron chi connectivity index (χ1n) is 9.42. The quantitative estimate of drug-likeness (QED) is 0.467. The van der Waals surface area contributed by atoms with Crippen LogP contribution >= 0.6 is 23.1 Å². The Hall–Kier alpha value is -2.56. The van der Waals surface area contributed by atoms with E-state index in [1.165, 1.54) is 11.8 Å². The zero-order valence-corrected chi connectivity index (χ0v) is 18.1. The van der Waals surface area contributed by atoms with Gasteiger partial charge in [0.1, 0.15) is 11.2 Å². The average molecular weight is 449 g/mol. The zero-order chi connectivity index (χ0) is 21.3. The summed E-state index contributed by atoms with van der Waals surface area (Å²) in [5.74, 6) is 0.426. The van der Waals surface area contributed by atoms with Crippen molar-refractivity contribution < 1.29 is 19.1 Å². The Morgan fingerprint density at radius 1 is 1.23 bits per heavy atom. The fourth-order valence-electron chi connectivity index (χ4n) is 2.89. The van der Waals surface area contributed by atoms with Crippen molar-refractivity contribution in [2.75, 3.05) is 18.2 Å². The minimum Gasteiger partial charge on any atom is -0.497 e. The van der Waals surface area contributed by atoms with Gasteiger partial charge in [0, 0.05) is 29.4 Å². The lowest BCUT2D eigenvalue weighted by Gasteiger charge is -2.30. The Morgan fingerprint density at radius 2 is 2.03 bits per heavy atom. The number of ether oxygens (including phenoxy) is 1. The van der Waals surface area contributed by atoms with Crippen molar-refractivity contribution in [3.63, 3.8) is 0 Å². The number of rotatable bonds is 9. The Labute approximate surface area is 183 Å². The Bertz CT molecular complexity index is 858. The number of hydrogen-bond donors (Lipinski definition) is 4. The molecule has 0 bridgehead atoms. The number of methoxy groups -OCH3 is 1. The van der Waals surface area contributed by atoms with Gasteiger partial charge in [-0.05, 0) is 35.7 Å². The lowest BCUT2D eigenvalue weighted by atomic mass is 10.1. The van der Waals surface area contributed by atoms with E-state index in [4.69, 9.17) is 4.74 Å². The summed E-state index contributed by atoms with van der Waals surface area (Å²) in [6.45, 7) is 0.485. The van der Waals surface area contributed by atoms with Crippen molar-refractivity contribution in [1.29, 1.82) is 0 Å². The van der Waals surface area contributed by atoms with Crippen molar-refractivity contribution in [3.05, 3.63) is 46.7 Å². The highest BCUT2D eigenvalue weighted by molar-refractivity contribution is 8.00. The normalized spacial score (nSPS) is 18.4. The number of anilines is 1. The summed E-state index contributed by atoms with van der Waals surface area (Å²) in [4.78, 5) is 37.4. The van der Waals surface area contributed by atoms with Crippen LogP contribution in [0.3, 0.4) is 0 Å². The highest BCUT2D eigenvalue weighted by Crippen LogP contribution is 2.17. The molecule has 1 fully saturated rings. The first-order valence-corrected chi connectivity index (χ1v) is 11.3. The van der Waals surface area contributed by atoms with Crippen LogP contribution in [0.5, 0.6) is 5.75 Å². The number of carbonyl (C=O) groups excluding carboxylic acids is 3. The summed E-state index contributed by atoms with van der Waals surface area (Å²) in [6.07, 6.45) is 0.426. The molecule has 2 aromatic rings. The van der Waals surface area contributed by atoms with Crippen molar-refractivity contribution in [2.24, 2.45) is 0 Å². The molecule has 10 heteroatoms. The largest absolute Gasteiger partial charge is 0.497 e. The zero-order valence-electron chi connectivity index (χ0n) is 16.5. The fourth-order valence-corrected chi connectivity index (χ4v) is 4.43. The molecular formula is C20H24N4O4S2. The molecule has 1 aliphatic rings. The van der Waals surface area contributed by atoms with Gasteiger partial charge < -0.3 is 20.7 Å². The summed E-state index contributed by atoms with van der Waals surface area (Å²) < 4.78 is 5.09. The van der Waals surface area contributed by atoms with Gasteiger partial charge in [-0.1, -0.05) is 6.07 Å². The molecule has 1 aliphatic heterocycles. The molecule has 2 unspecified atom stereocenters. The topological polar surface area (TPSA) is 109 Å². The number of thiophene rings is 1. The molecular weight excluding hydrogens is 424 g/mol. The van der Waals surface area contributed by atoms with Crippen molar-refractivity contribution in [3.8, 4) is 5.75 Å². The third-order valence-corrected chi connectivity index (χ3v) is 6.23. The van der Waals surface area contributed by atoms with Gasteiger partial charge in [-0.3, -0.25) is 19.7 Å². The van der Waals surface area contributed by atoms with E-state index in [0.717, 1.165) is 4.88 Å². The van der Waals surface area contributed by atoms with Gasteiger partial charge in [0.15, 0.2) is 0 Å². The van der Waals surface area contributed by atoms with E-state index in [1.54, 1.807) is 42.7 Å². The number of carbonyl (C=O) groups is 3. The molecule has 2 atom stereocenters. The van der Waals surface area contributed by atoms with Gasteiger partial charge in [-0.15, -0.1) is 23.1 Å². The van der Waals surface area contributed by atoms with E-state index < -0.39 is 5.50 Å². The Balaban J connectivity index is 1.41. The fraction of sp³-hybridized carbons (Fsp3) is 0.350. The monoisotopic (exact) mass is 448 g/mol. The summed E-state index contributed by atoms with van der Waals surface area (Å²) in [5, 5.41) is 13.6. The van der Waals surface area contributed by atoms with Crippen LogP contribution in [0.4, 0.5) is 5.69 Å². The number of thioether (sulfide) groups is 1. The molecule has 3 amide bonds. The molecule has 0 aliphatic carbocycles. The molecule has 160 valence electrons. The van der Waals surface area contributed by atoms with Crippen LogP contribution in [0.1, 0.15) is 17.7 Å². The van der Waals surface area contributed by atoms with E-state index in [1.807, 2.05) is 17.5 Å². The second-order valence-electron chi connectivity index (χ2n) is 6.66. The molecule has 0 spiro atoms. The third kappa shape index (κ3) is 7.05. The molecule has 4 N–H and O–H groups in total. The van der Waals surface area contributed by atoms with Crippen LogP contribution in [0.15, 0.2) is 41.8 Å². The minimum atomic E-state index is -0.428. The first kappa shape index (κ1) is 22.1. The number of nitrogens with one attached hydrogen (secondary N) is 4. The minimum absolute atomic E-state index is 0.114. The van der Waals surface area contributed by atoms with E-state index in [0.29, 0.717) is 18.0 Å². The number of amides is 3. The number of benzene rings is 1. The van der Waals surface area contributed by atoms with Gasteiger partial charge in [0.05, 0.1) is 19.4 Å². The Kier molecular flexibility index (Phi) is 8.12. The number of hydrogen-bond acceptors (Lipinski definition) is 7. The van der Waals surface area contributed by atoms with Crippen LogP contribution in [-0.2, 0) is 20.9 Å². The van der Waals surface area contributed by atoms with Crippen LogP contribution < -0.4 is 26.0 Å². The lowest BCUT2D eigenvalue weighted by molar-refractivity contribution is -0.125. The van der Waals surface area contributed by atoms with Crippen molar-refractivity contribution in [1.82, 2.24) is 16.0 Å². The SMILES string of the molecule is COc1ccc(NC(=O)CSC2NC(=O)CC(CC(=O)NCc3cccs3)N2)cc1. The summed E-state index contributed by atoms with van der Waals surface area (Å²) in [5.41, 5.74) is 0.241. The molecule has 8 nitrogen and oxygen atoms in total. The van der Waals surface area contributed by atoms with Crippen LogP contribution in [0.25, 0.3) is 0 Å². The van der Waals surface area contributed by atoms with E-state index in [9.17, 15) is 14.4 Å². The van der Waals surface area contributed by atoms with Gasteiger partial charge in [-0.25, -0.2) is 0 Å². The first-order chi connectivity index (χ1) is 14.5. The third-order valence-electron chi connectivity index (χ3n) is 4.34. The highest BCUT2D eigenvalue weighted by Gasteiger charge is 2.28. The van der Waals surface area contributed by atoms with Crippen molar-refractivity contribution >= 4 is 46.5 Å². The molecule has 30 heavy (non-hydrogen) atoms. The molecule has 0 saturated carbocycles. The molecule has 1 aromatic carbocycles. The summed E-state index contributed by atoms with van der Waals surface area (Å²) >= 11 is 2.85. The maximum absolute atomic E-state index is 12.2. The second kappa shape index (κ2) is 11.0. The summed E-state index contributed by atoms with van der Waals surface area (Å²) in [6, 6.07) is 10.7. The van der Waals surface area contributed by atoms with E-state index >= 15 is 0 Å². The highest BCUT2D eigenvalue weighted by atomic mass is 32.2. The molecule has 1 aromatic heterocycles. The maximum Gasteiger partial charge on any atom is 0.234 e. The van der Waals surface area contributed by atoms with E-state index in [2.05, 4.69) is 21.3 Å². The standard InChI is InChI=1S/C20H24N4O4S2/c1-28-15-6-4-13(5-7-15)22-19(27)12-30-20-23-14(10-18(26)24-20)9-17(25)21-11-16-3-2-8-29-16/h2-8,14,20,23H,9-12H2,1H3,(H,21,25)(H,22,27)(H,24,26). The molecule has 1 saturated heterocycles. The predicted octanol–water partition coefficient (Wildman–Crippen LogP) is 1.90. The van der Waals surface area contributed by atoms with Gasteiger partial charge in [0.2, 0.25) is 17.7 Å². The van der Waals surface area contributed by atoms with E-state index in [-0.39, 0.29) is 42.4 Å². The van der Waals surface area contributed by atoms with Crippen LogP contribution in [0, 0.1) is 0 Å². The second-order valence-corrected chi connectivity index (χ2v) is 8.79. The van der Waals surface area contributed by atoms with Crippen molar-refractivity contribution in [2.45, 2.75) is 30.9 Å². The summed E-state index contributed by atoms with van der Waals surface area (Å²) in [7, 11) is 1.58. The molecule has 0 radical (unpaired) electrons. The van der Waals surface area contributed by atoms with Gasteiger partial charge in [0.25, 0.3) is 0 Å². The van der Waals surface area contributed by atoms with Crippen LogP contribution in [-0.4, -0.2) is 42.1 Å². The predicted molar refractivity (Wildman–Crippen MR) is 118 cm³/mol. The van der Waals surface area contributed by atoms with Gasteiger partial charge >= 0.3 is 0 Å². The van der Waals surface area contributed by atoms with Gasteiger partial charge in [-0.2, -0.15) is 0 Å². The Morgan fingerprint density at radius 3 is 2.73 bits per heavy atom. The average Bonchev–Trinajstić information content (AvgIpc) is 3.25. The maximum atomic E-state index is 12.2. The lowest BCUT2D eigenvalue weighted by Crippen LogP contribution is -2.56.